The van der Waals surface area contributed by atoms with E-state index in [2.05, 4.69) is 4.90 Å². The smallest absolute Gasteiger partial charge is 0.306 e. The molecule has 2 aliphatic rings. The zero-order chi connectivity index (χ0) is 23.0. The van der Waals surface area contributed by atoms with Crippen LogP contribution >= 0.6 is 0 Å². The molecule has 2 aliphatic heterocycles. The Kier molecular flexibility index (Phi) is 6.24. The second kappa shape index (κ2) is 8.94. The first kappa shape index (κ1) is 22.3. The molecule has 2 aromatic heterocycles. The Morgan fingerprint density at radius 2 is 2.03 bits per heavy atom. The topological polar surface area (TPSA) is 102 Å². The first-order valence-electron chi connectivity index (χ1n) is 11.1. The fraction of sp³-hybridized carbons (Fsp3) is 0.542. The fourth-order valence-electron chi connectivity index (χ4n) is 5.12. The molecule has 32 heavy (non-hydrogen) atoms. The van der Waals surface area contributed by atoms with E-state index in [-0.39, 0.29) is 29.6 Å². The maximum Gasteiger partial charge on any atom is 0.306 e. The number of ether oxygens (including phenoxy) is 1. The standard InChI is InChI=1S/C24H30N2O6/c1-14(2)18(9-22(29)31-3)24-23(30)20(27)8-17(32-24)13-25-10-15-7-16(12-25)19-5-4-6-21(28)26(19)11-15/h4-6,8,14-16,18,30H,7,9-13H2,1-3H3/t15-,16+,18?/m1/s1. The van der Waals surface area contributed by atoms with Crippen LogP contribution in [0, 0.1) is 11.8 Å². The van der Waals surface area contributed by atoms with Crippen molar-refractivity contribution >= 4 is 5.97 Å². The lowest BCUT2D eigenvalue weighted by Crippen LogP contribution is -2.46. The van der Waals surface area contributed by atoms with Gasteiger partial charge in [0.05, 0.1) is 20.1 Å². The lowest BCUT2D eigenvalue weighted by atomic mass is 9.83. The highest BCUT2D eigenvalue weighted by atomic mass is 16.5. The molecule has 0 saturated carbocycles. The van der Waals surface area contributed by atoms with E-state index < -0.39 is 23.1 Å². The number of fused-ring (bicyclic) bond motifs is 4. The number of pyridine rings is 1. The van der Waals surface area contributed by atoms with Crippen LogP contribution in [0.25, 0.3) is 0 Å². The zero-order valence-electron chi connectivity index (χ0n) is 18.7. The lowest BCUT2D eigenvalue weighted by Gasteiger charge is -2.42. The third-order valence-corrected chi connectivity index (χ3v) is 6.69. The average molecular weight is 443 g/mol. The Labute approximate surface area is 186 Å². The Balaban J connectivity index is 1.58. The number of nitrogens with zero attached hydrogens (tertiary/aromatic N) is 2. The van der Waals surface area contributed by atoms with Gasteiger partial charge in [-0.05, 0) is 24.3 Å². The van der Waals surface area contributed by atoms with Crippen LogP contribution in [0.2, 0.25) is 0 Å². The monoisotopic (exact) mass is 442 g/mol. The maximum absolute atomic E-state index is 12.5. The van der Waals surface area contributed by atoms with Gasteiger partial charge in [-0.25, -0.2) is 0 Å². The number of hydrogen-bond donors (Lipinski definition) is 1. The minimum atomic E-state index is -0.508. The number of carbonyl (C=O) groups is 1. The summed E-state index contributed by atoms with van der Waals surface area (Å²) < 4.78 is 12.7. The highest BCUT2D eigenvalue weighted by Gasteiger charge is 2.35. The predicted octanol–water partition coefficient (Wildman–Crippen LogP) is 2.43. The molecule has 0 amide bonds. The molecule has 1 N–H and O–H groups in total. The van der Waals surface area contributed by atoms with Crippen molar-refractivity contribution in [2.45, 2.75) is 51.6 Å². The van der Waals surface area contributed by atoms with E-state index in [1.165, 1.54) is 13.2 Å². The van der Waals surface area contributed by atoms with Gasteiger partial charge in [-0.15, -0.1) is 0 Å². The summed E-state index contributed by atoms with van der Waals surface area (Å²) in [4.78, 5) is 38.9. The Morgan fingerprint density at radius 3 is 2.75 bits per heavy atom. The molecular formula is C24H30N2O6. The van der Waals surface area contributed by atoms with E-state index in [4.69, 9.17) is 9.15 Å². The number of rotatable bonds is 6. The van der Waals surface area contributed by atoms with Crippen LogP contribution in [0.15, 0.2) is 38.3 Å². The van der Waals surface area contributed by atoms with Crippen LogP contribution in [0.5, 0.6) is 5.75 Å². The zero-order valence-corrected chi connectivity index (χ0v) is 18.7. The van der Waals surface area contributed by atoms with Crippen molar-refractivity contribution in [3.63, 3.8) is 0 Å². The molecule has 0 spiro atoms. The summed E-state index contributed by atoms with van der Waals surface area (Å²) in [5, 5.41) is 10.4. The van der Waals surface area contributed by atoms with E-state index >= 15 is 0 Å². The minimum Gasteiger partial charge on any atom is -0.502 e. The van der Waals surface area contributed by atoms with Gasteiger partial charge < -0.3 is 18.8 Å². The molecule has 8 heteroatoms. The van der Waals surface area contributed by atoms with Gasteiger partial charge in [-0.1, -0.05) is 19.9 Å². The van der Waals surface area contributed by atoms with Gasteiger partial charge in [0.25, 0.3) is 5.56 Å². The summed E-state index contributed by atoms with van der Waals surface area (Å²) in [7, 11) is 1.31. The van der Waals surface area contributed by atoms with Crippen molar-refractivity contribution in [3.05, 3.63) is 62.1 Å². The van der Waals surface area contributed by atoms with Crippen molar-refractivity contribution in [1.82, 2.24) is 9.47 Å². The summed E-state index contributed by atoms with van der Waals surface area (Å²) in [5.41, 5.74) is 0.597. The molecule has 1 unspecified atom stereocenters. The third-order valence-electron chi connectivity index (χ3n) is 6.69. The molecule has 2 aromatic rings. The van der Waals surface area contributed by atoms with Crippen molar-refractivity contribution in [3.8, 4) is 5.75 Å². The highest BCUT2D eigenvalue weighted by molar-refractivity contribution is 5.70. The SMILES string of the molecule is COC(=O)CC(c1oc(CN2C[C@H]3C[C@@H](C2)c2cccc(=O)n2C3)cc(=O)c1O)C(C)C. The fourth-order valence-corrected chi connectivity index (χ4v) is 5.12. The highest BCUT2D eigenvalue weighted by Crippen LogP contribution is 2.37. The molecule has 4 heterocycles. The molecule has 172 valence electrons. The van der Waals surface area contributed by atoms with Crippen molar-refractivity contribution < 1.29 is 19.1 Å². The van der Waals surface area contributed by atoms with Gasteiger partial charge >= 0.3 is 5.97 Å². The van der Waals surface area contributed by atoms with Gasteiger partial charge in [0.15, 0.2) is 5.76 Å². The summed E-state index contributed by atoms with van der Waals surface area (Å²) in [6, 6.07) is 6.77. The molecule has 1 saturated heterocycles. The average Bonchev–Trinajstić information content (AvgIpc) is 2.75. The normalized spacial score (nSPS) is 21.2. The number of methoxy groups -OCH3 is 1. The summed E-state index contributed by atoms with van der Waals surface area (Å²) in [5.74, 6) is -0.160. The Bertz CT molecular complexity index is 1120. The molecule has 0 aliphatic carbocycles. The van der Waals surface area contributed by atoms with E-state index in [0.29, 0.717) is 24.8 Å². The molecule has 1 fully saturated rings. The van der Waals surface area contributed by atoms with Crippen LogP contribution in [0.3, 0.4) is 0 Å². The van der Waals surface area contributed by atoms with Gasteiger partial charge in [-0.2, -0.15) is 0 Å². The second-order valence-corrected chi connectivity index (χ2v) is 9.31. The number of aromatic hydroxyl groups is 1. The van der Waals surface area contributed by atoms with E-state index in [1.807, 2.05) is 30.5 Å². The largest absolute Gasteiger partial charge is 0.502 e. The number of likely N-dealkylation sites (tertiary alicyclic amines) is 1. The van der Waals surface area contributed by atoms with Gasteiger partial charge in [0, 0.05) is 49.3 Å². The molecule has 0 aromatic carbocycles. The third kappa shape index (κ3) is 4.37. The second-order valence-electron chi connectivity index (χ2n) is 9.31. The van der Waals surface area contributed by atoms with Crippen LogP contribution < -0.4 is 11.0 Å². The molecule has 4 rings (SSSR count). The number of esters is 1. The summed E-state index contributed by atoms with van der Waals surface area (Å²) in [6.07, 6.45) is 1.06. The minimum absolute atomic E-state index is 0.0213. The van der Waals surface area contributed by atoms with Crippen LogP contribution in [-0.4, -0.2) is 40.7 Å². The maximum atomic E-state index is 12.5. The number of aromatic nitrogens is 1. The van der Waals surface area contributed by atoms with E-state index in [0.717, 1.165) is 25.2 Å². The first-order chi connectivity index (χ1) is 15.3. The molecular weight excluding hydrogens is 412 g/mol. The van der Waals surface area contributed by atoms with Crippen molar-refractivity contribution in [2.24, 2.45) is 11.8 Å². The van der Waals surface area contributed by atoms with Gasteiger partial charge in [0.2, 0.25) is 11.2 Å². The van der Waals surface area contributed by atoms with E-state index in [1.54, 1.807) is 6.07 Å². The lowest BCUT2D eigenvalue weighted by molar-refractivity contribution is -0.141. The van der Waals surface area contributed by atoms with Gasteiger partial charge in [0.1, 0.15) is 5.76 Å². The number of carbonyl (C=O) groups excluding carboxylic acids is 1. The molecule has 2 bridgehead atoms. The Hall–Kier alpha value is -2.87. The van der Waals surface area contributed by atoms with Crippen LogP contribution in [0.1, 0.15) is 55.7 Å². The van der Waals surface area contributed by atoms with E-state index in [9.17, 15) is 19.5 Å². The summed E-state index contributed by atoms with van der Waals surface area (Å²) >= 11 is 0. The summed E-state index contributed by atoms with van der Waals surface area (Å²) in [6.45, 7) is 6.50. The Morgan fingerprint density at radius 1 is 1.25 bits per heavy atom. The molecule has 0 radical (unpaired) electrons. The molecule has 8 nitrogen and oxygen atoms in total. The van der Waals surface area contributed by atoms with Crippen LogP contribution in [0.4, 0.5) is 0 Å². The number of piperidine rings is 1. The first-order valence-corrected chi connectivity index (χ1v) is 11.1. The van der Waals surface area contributed by atoms with Crippen LogP contribution in [-0.2, 0) is 22.6 Å². The quantitative estimate of drug-likeness (QED) is 0.686. The van der Waals surface area contributed by atoms with Gasteiger partial charge in [-0.3, -0.25) is 19.3 Å². The van der Waals surface area contributed by atoms with Crippen molar-refractivity contribution in [2.75, 3.05) is 20.2 Å². The van der Waals surface area contributed by atoms with Crippen molar-refractivity contribution in [1.29, 1.82) is 0 Å². The molecule has 3 atom stereocenters. The number of hydrogen-bond acceptors (Lipinski definition) is 7. The predicted molar refractivity (Wildman–Crippen MR) is 118 cm³/mol.